The van der Waals surface area contributed by atoms with E-state index in [4.69, 9.17) is 0 Å². The third-order valence-electron chi connectivity index (χ3n) is 2.72. The number of halogens is 2. The zero-order chi connectivity index (χ0) is 11.8. The topological polar surface area (TPSA) is 29.4 Å². The molecule has 0 amide bonds. The van der Waals surface area contributed by atoms with Crippen molar-refractivity contribution < 1.29 is 13.6 Å². The molecule has 1 aliphatic rings. The molecule has 0 unspecified atom stereocenters. The van der Waals surface area contributed by atoms with E-state index in [1.165, 1.54) is 18.2 Å². The molecule has 0 radical (unpaired) electrons. The van der Waals surface area contributed by atoms with Crippen molar-refractivity contribution in [2.24, 2.45) is 4.99 Å². The molecule has 0 aromatic heterocycles. The Morgan fingerprint density at radius 1 is 1.38 bits per heavy atom. The number of hydrogen-bond donors (Lipinski definition) is 0. The summed E-state index contributed by atoms with van der Waals surface area (Å²) in [6.07, 6.45) is 4.35. The quantitative estimate of drug-likeness (QED) is 0.462. The highest BCUT2D eigenvalue weighted by atomic mass is 32.2. The molecular formula is C11H9F2NOS. The van der Waals surface area contributed by atoms with Crippen molar-refractivity contribution >= 4 is 17.8 Å². The lowest BCUT2D eigenvalue weighted by Gasteiger charge is -2.10. The van der Waals surface area contributed by atoms with Gasteiger partial charge in [-0.15, -0.1) is 11.8 Å². The second-order valence-electron chi connectivity index (χ2n) is 3.71. The summed E-state index contributed by atoms with van der Waals surface area (Å²) < 4.78 is 27.0. The third-order valence-corrected chi connectivity index (χ3v) is 3.52. The van der Waals surface area contributed by atoms with Crippen LogP contribution >= 0.6 is 11.8 Å². The molecular weight excluding hydrogens is 232 g/mol. The molecule has 16 heavy (non-hydrogen) atoms. The highest BCUT2D eigenvalue weighted by molar-refractivity contribution is 7.98. The van der Waals surface area contributed by atoms with Crippen LogP contribution in [-0.4, -0.2) is 12.3 Å². The number of thioether (sulfide) groups is 1. The van der Waals surface area contributed by atoms with Crippen molar-refractivity contribution in [3.63, 3.8) is 0 Å². The summed E-state index contributed by atoms with van der Waals surface area (Å²) in [7, 11) is 0. The fourth-order valence-corrected chi connectivity index (χ4v) is 2.20. The zero-order valence-corrected chi connectivity index (χ0v) is 9.41. The summed E-state index contributed by atoms with van der Waals surface area (Å²) in [4.78, 5) is 13.9. The fourth-order valence-electron chi connectivity index (χ4n) is 1.69. The highest BCUT2D eigenvalue weighted by Crippen LogP contribution is 2.50. The van der Waals surface area contributed by atoms with Gasteiger partial charge in [-0.2, -0.15) is 4.99 Å². The van der Waals surface area contributed by atoms with Crippen LogP contribution in [0.25, 0.3) is 0 Å². The van der Waals surface area contributed by atoms with E-state index in [1.807, 2.05) is 0 Å². The Balaban J connectivity index is 2.48. The predicted molar refractivity (Wildman–Crippen MR) is 57.2 cm³/mol. The number of isocyanates is 1. The lowest BCUT2D eigenvalue weighted by Crippen LogP contribution is -2.04. The van der Waals surface area contributed by atoms with E-state index in [1.54, 1.807) is 6.26 Å². The molecule has 1 aromatic rings. The van der Waals surface area contributed by atoms with Crippen molar-refractivity contribution in [2.75, 3.05) is 6.26 Å². The molecule has 0 spiro atoms. The van der Waals surface area contributed by atoms with Gasteiger partial charge in [-0.3, -0.25) is 0 Å². The lowest BCUT2D eigenvalue weighted by atomic mass is 10.1. The van der Waals surface area contributed by atoms with E-state index in [-0.39, 0.29) is 4.90 Å². The lowest BCUT2D eigenvalue weighted by molar-refractivity contribution is 0.529. The Morgan fingerprint density at radius 3 is 2.31 bits per heavy atom. The fraction of sp³-hybridized carbons (Fsp3) is 0.364. The van der Waals surface area contributed by atoms with Gasteiger partial charge in [-0.25, -0.2) is 13.6 Å². The van der Waals surface area contributed by atoms with Crippen LogP contribution in [-0.2, 0) is 10.3 Å². The first-order valence-electron chi connectivity index (χ1n) is 4.75. The molecule has 0 N–H and O–H groups in total. The first-order valence-corrected chi connectivity index (χ1v) is 5.98. The van der Waals surface area contributed by atoms with E-state index >= 15 is 0 Å². The average Bonchev–Trinajstić information content (AvgIpc) is 2.99. The standard InChI is InChI=1S/C11H9F2NOS/c1-16-10-8(12)4-7(5-9(10)13)11(2-3-11)14-6-15/h4-5H,2-3H2,1H3. The maximum atomic E-state index is 13.5. The minimum absolute atomic E-state index is 0.00497. The average molecular weight is 241 g/mol. The summed E-state index contributed by atoms with van der Waals surface area (Å²) >= 11 is 1.02. The van der Waals surface area contributed by atoms with Gasteiger partial charge in [0.2, 0.25) is 6.08 Å². The van der Waals surface area contributed by atoms with Crippen LogP contribution in [0.4, 0.5) is 8.78 Å². The van der Waals surface area contributed by atoms with Gasteiger partial charge in [0, 0.05) is 0 Å². The molecule has 0 aliphatic heterocycles. The van der Waals surface area contributed by atoms with Crippen molar-refractivity contribution in [2.45, 2.75) is 23.3 Å². The number of aliphatic imine (C=N–C) groups is 1. The minimum Gasteiger partial charge on any atom is -0.211 e. The van der Waals surface area contributed by atoms with Gasteiger partial charge in [0.15, 0.2) is 0 Å². The Labute approximate surface area is 95.8 Å². The molecule has 2 nitrogen and oxygen atoms in total. The van der Waals surface area contributed by atoms with E-state index in [0.29, 0.717) is 18.4 Å². The number of nitrogens with zero attached hydrogens (tertiary/aromatic N) is 1. The SMILES string of the molecule is CSc1c(F)cc(C2(N=C=O)CC2)cc1F. The molecule has 2 rings (SSSR count). The van der Waals surface area contributed by atoms with Gasteiger partial charge in [0.05, 0.1) is 10.4 Å². The van der Waals surface area contributed by atoms with Crippen LogP contribution < -0.4 is 0 Å². The van der Waals surface area contributed by atoms with Crippen molar-refractivity contribution in [3.8, 4) is 0 Å². The summed E-state index contributed by atoms with van der Waals surface area (Å²) in [5, 5.41) is 0. The van der Waals surface area contributed by atoms with Crippen LogP contribution in [0.2, 0.25) is 0 Å². The van der Waals surface area contributed by atoms with Crippen LogP contribution in [0.3, 0.4) is 0 Å². The largest absolute Gasteiger partial charge is 0.235 e. The molecule has 0 atom stereocenters. The number of carbonyl (C=O) groups excluding carboxylic acids is 1. The molecule has 1 aliphatic carbocycles. The first-order chi connectivity index (χ1) is 7.63. The van der Waals surface area contributed by atoms with Gasteiger partial charge in [-0.05, 0) is 36.8 Å². The zero-order valence-electron chi connectivity index (χ0n) is 8.59. The van der Waals surface area contributed by atoms with E-state index < -0.39 is 17.2 Å². The second-order valence-corrected chi connectivity index (χ2v) is 4.52. The first kappa shape index (κ1) is 11.3. The Kier molecular flexibility index (Phi) is 2.82. The number of rotatable bonds is 3. The van der Waals surface area contributed by atoms with Gasteiger partial charge in [0.25, 0.3) is 0 Å². The molecule has 1 saturated carbocycles. The third kappa shape index (κ3) is 1.77. The molecule has 1 fully saturated rings. The van der Waals surface area contributed by atoms with Crippen molar-refractivity contribution in [3.05, 3.63) is 29.3 Å². The summed E-state index contributed by atoms with van der Waals surface area (Å²) in [5.41, 5.74) is -0.302. The van der Waals surface area contributed by atoms with Crippen molar-refractivity contribution in [1.29, 1.82) is 0 Å². The Bertz CT molecular complexity index is 456. The molecule has 5 heteroatoms. The molecule has 0 saturated heterocycles. The normalized spacial score (nSPS) is 16.7. The maximum absolute atomic E-state index is 13.5. The van der Waals surface area contributed by atoms with Gasteiger partial charge < -0.3 is 0 Å². The Hall–Kier alpha value is -1.19. The van der Waals surface area contributed by atoms with E-state index in [9.17, 15) is 13.6 Å². The van der Waals surface area contributed by atoms with Crippen molar-refractivity contribution in [1.82, 2.24) is 0 Å². The number of hydrogen-bond acceptors (Lipinski definition) is 3. The van der Waals surface area contributed by atoms with E-state index in [0.717, 1.165) is 11.8 Å². The smallest absolute Gasteiger partial charge is 0.211 e. The highest BCUT2D eigenvalue weighted by Gasteiger charge is 2.45. The molecule has 84 valence electrons. The molecule has 0 bridgehead atoms. The number of benzene rings is 1. The maximum Gasteiger partial charge on any atom is 0.235 e. The van der Waals surface area contributed by atoms with E-state index in [2.05, 4.69) is 4.99 Å². The second kappa shape index (κ2) is 4.00. The summed E-state index contributed by atoms with van der Waals surface area (Å²) in [5.74, 6) is -1.20. The summed E-state index contributed by atoms with van der Waals surface area (Å²) in [6.45, 7) is 0. The van der Waals surface area contributed by atoms with Gasteiger partial charge in [-0.1, -0.05) is 0 Å². The van der Waals surface area contributed by atoms with Gasteiger partial charge >= 0.3 is 0 Å². The monoisotopic (exact) mass is 241 g/mol. The predicted octanol–water partition coefficient (Wildman–Crippen LogP) is 3.01. The minimum atomic E-state index is -0.722. The van der Waals surface area contributed by atoms with Crippen LogP contribution in [0.5, 0.6) is 0 Å². The van der Waals surface area contributed by atoms with Crippen LogP contribution in [0, 0.1) is 11.6 Å². The van der Waals surface area contributed by atoms with Crippen LogP contribution in [0.15, 0.2) is 22.0 Å². The van der Waals surface area contributed by atoms with Gasteiger partial charge in [0.1, 0.15) is 11.6 Å². The summed E-state index contributed by atoms with van der Waals surface area (Å²) in [6, 6.07) is 2.51. The Morgan fingerprint density at radius 2 is 1.94 bits per heavy atom. The van der Waals surface area contributed by atoms with Crippen LogP contribution in [0.1, 0.15) is 18.4 Å². The molecule has 1 aromatic carbocycles. The molecule has 0 heterocycles.